The molecule has 110 valence electrons. The lowest BCUT2D eigenvalue weighted by atomic mass is 10.2. The van der Waals surface area contributed by atoms with Crippen molar-refractivity contribution in [3.05, 3.63) is 53.3 Å². The number of nitrogens with one attached hydrogen (secondary N) is 2. The topological polar surface area (TPSA) is 63.2 Å². The molecule has 0 spiro atoms. The molecule has 6 heteroatoms. The molecule has 2 rings (SSSR count). The number of methoxy groups -OCH3 is 1. The SMILES string of the molecule is COc1cc(NC(=O)N[C@H](C)c2ccccn2)ccc1Cl. The van der Waals surface area contributed by atoms with E-state index in [1.165, 1.54) is 7.11 Å². The van der Waals surface area contributed by atoms with Crippen molar-refractivity contribution in [1.82, 2.24) is 10.3 Å². The largest absolute Gasteiger partial charge is 0.495 e. The highest BCUT2D eigenvalue weighted by Gasteiger charge is 2.11. The first kappa shape index (κ1) is 15.1. The van der Waals surface area contributed by atoms with Gasteiger partial charge in [-0.2, -0.15) is 0 Å². The normalized spacial score (nSPS) is 11.6. The van der Waals surface area contributed by atoms with Crippen LogP contribution < -0.4 is 15.4 Å². The van der Waals surface area contributed by atoms with E-state index in [1.807, 2.05) is 25.1 Å². The minimum Gasteiger partial charge on any atom is -0.495 e. The summed E-state index contributed by atoms with van der Waals surface area (Å²) in [5.74, 6) is 0.507. The molecule has 1 atom stereocenters. The Bertz CT molecular complexity index is 620. The molecule has 0 radical (unpaired) electrons. The number of hydrogen-bond acceptors (Lipinski definition) is 3. The molecule has 0 unspecified atom stereocenters. The summed E-state index contributed by atoms with van der Waals surface area (Å²) < 4.78 is 5.10. The van der Waals surface area contributed by atoms with Gasteiger partial charge in [0.05, 0.1) is 23.9 Å². The maximum absolute atomic E-state index is 12.0. The first-order valence-corrected chi connectivity index (χ1v) is 6.80. The molecule has 0 bridgehead atoms. The molecule has 0 saturated carbocycles. The zero-order valence-corrected chi connectivity index (χ0v) is 12.5. The predicted molar refractivity (Wildman–Crippen MR) is 82.8 cm³/mol. The molecule has 2 amide bonds. The number of nitrogens with zero attached hydrogens (tertiary/aromatic N) is 1. The van der Waals surface area contributed by atoms with Gasteiger partial charge in [0.2, 0.25) is 0 Å². The summed E-state index contributed by atoms with van der Waals surface area (Å²) in [6.45, 7) is 1.87. The van der Waals surface area contributed by atoms with E-state index in [0.29, 0.717) is 16.5 Å². The number of halogens is 1. The van der Waals surface area contributed by atoms with Gasteiger partial charge in [-0.1, -0.05) is 17.7 Å². The minimum absolute atomic E-state index is 0.194. The van der Waals surface area contributed by atoms with Crippen molar-refractivity contribution in [2.45, 2.75) is 13.0 Å². The standard InChI is InChI=1S/C15H16ClN3O2/c1-10(13-5-3-4-8-17-13)18-15(20)19-11-6-7-12(16)14(9-11)21-2/h3-10H,1-2H3,(H2,18,19,20)/t10-/m1/s1. The highest BCUT2D eigenvalue weighted by Crippen LogP contribution is 2.27. The second kappa shape index (κ2) is 6.95. The van der Waals surface area contributed by atoms with Crippen molar-refractivity contribution in [2.24, 2.45) is 0 Å². The average Bonchev–Trinajstić information content (AvgIpc) is 2.50. The van der Waals surface area contributed by atoms with Crippen molar-refractivity contribution in [3.63, 3.8) is 0 Å². The number of benzene rings is 1. The van der Waals surface area contributed by atoms with Crippen molar-refractivity contribution >= 4 is 23.3 Å². The van der Waals surface area contributed by atoms with Gasteiger partial charge in [0, 0.05) is 18.0 Å². The molecule has 2 aromatic rings. The number of amides is 2. The second-order valence-electron chi connectivity index (χ2n) is 4.42. The lowest BCUT2D eigenvalue weighted by Crippen LogP contribution is -2.31. The summed E-state index contributed by atoms with van der Waals surface area (Å²) in [7, 11) is 1.52. The lowest BCUT2D eigenvalue weighted by Gasteiger charge is -2.14. The third-order valence-electron chi connectivity index (χ3n) is 2.89. The van der Waals surface area contributed by atoms with Crippen molar-refractivity contribution in [1.29, 1.82) is 0 Å². The van der Waals surface area contributed by atoms with Gasteiger partial charge in [-0.05, 0) is 31.2 Å². The monoisotopic (exact) mass is 305 g/mol. The zero-order valence-electron chi connectivity index (χ0n) is 11.8. The molecule has 1 aromatic carbocycles. The molecule has 5 nitrogen and oxygen atoms in total. The smallest absolute Gasteiger partial charge is 0.319 e. The fourth-order valence-corrected chi connectivity index (χ4v) is 2.00. The summed E-state index contributed by atoms with van der Waals surface area (Å²) in [5, 5.41) is 6.03. The first-order chi connectivity index (χ1) is 10.1. The number of anilines is 1. The number of ether oxygens (including phenoxy) is 1. The van der Waals surface area contributed by atoms with Gasteiger partial charge in [0.25, 0.3) is 0 Å². The van der Waals surface area contributed by atoms with Crippen LogP contribution in [0.1, 0.15) is 18.7 Å². The molecule has 2 N–H and O–H groups in total. The number of hydrogen-bond donors (Lipinski definition) is 2. The fraction of sp³-hybridized carbons (Fsp3) is 0.200. The van der Waals surface area contributed by atoms with E-state index < -0.39 is 0 Å². The van der Waals surface area contributed by atoms with Crippen LogP contribution in [0.4, 0.5) is 10.5 Å². The van der Waals surface area contributed by atoms with Crippen LogP contribution in [-0.4, -0.2) is 18.1 Å². The zero-order chi connectivity index (χ0) is 15.2. The van der Waals surface area contributed by atoms with E-state index in [0.717, 1.165) is 5.69 Å². The summed E-state index contributed by atoms with van der Waals surface area (Å²) >= 11 is 5.94. The third-order valence-corrected chi connectivity index (χ3v) is 3.20. The van der Waals surface area contributed by atoms with E-state index in [9.17, 15) is 4.79 Å². The number of carbonyl (C=O) groups excluding carboxylic acids is 1. The van der Waals surface area contributed by atoms with Crippen LogP contribution in [0.15, 0.2) is 42.6 Å². The summed E-state index contributed by atoms with van der Waals surface area (Å²) in [5.41, 5.74) is 1.39. The van der Waals surface area contributed by atoms with Crippen LogP contribution in [0.25, 0.3) is 0 Å². The van der Waals surface area contributed by atoms with E-state index >= 15 is 0 Å². The molecule has 1 aromatic heterocycles. The number of rotatable bonds is 4. The summed E-state index contributed by atoms with van der Waals surface area (Å²) in [6.07, 6.45) is 1.69. The molecule has 0 fully saturated rings. The molecule has 0 aliphatic heterocycles. The van der Waals surface area contributed by atoms with Crippen LogP contribution in [0, 0.1) is 0 Å². The van der Waals surface area contributed by atoms with Gasteiger partial charge in [-0.25, -0.2) is 4.79 Å². The van der Waals surface area contributed by atoms with Crippen LogP contribution in [0.3, 0.4) is 0 Å². The summed E-state index contributed by atoms with van der Waals surface area (Å²) in [6, 6.07) is 10.1. The Morgan fingerprint density at radius 1 is 1.33 bits per heavy atom. The van der Waals surface area contributed by atoms with Gasteiger partial charge in [0.15, 0.2) is 0 Å². The van der Waals surface area contributed by atoms with E-state index in [-0.39, 0.29) is 12.1 Å². The fourth-order valence-electron chi connectivity index (χ4n) is 1.81. The third kappa shape index (κ3) is 4.10. The van der Waals surface area contributed by atoms with Crippen LogP contribution in [0.5, 0.6) is 5.75 Å². The Morgan fingerprint density at radius 2 is 2.14 bits per heavy atom. The molecule has 0 aliphatic carbocycles. The Balaban J connectivity index is 1.99. The van der Waals surface area contributed by atoms with E-state index in [1.54, 1.807) is 24.4 Å². The number of urea groups is 1. The van der Waals surface area contributed by atoms with E-state index in [2.05, 4.69) is 15.6 Å². The Labute approximate surface area is 128 Å². The van der Waals surface area contributed by atoms with Crippen molar-refractivity contribution in [3.8, 4) is 5.75 Å². The van der Waals surface area contributed by atoms with E-state index in [4.69, 9.17) is 16.3 Å². The summed E-state index contributed by atoms with van der Waals surface area (Å²) in [4.78, 5) is 16.2. The van der Waals surface area contributed by atoms with Crippen LogP contribution in [-0.2, 0) is 0 Å². The Morgan fingerprint density at radius 3 is 2.81 bits per heavy atom. The van der Waals surface area contributed by atoms with Gasteiger partial charge >= 0.3 is 6.03 Å². The molecule has 1 heterocycles. The Kier molecular flexibility index (Phi) is 5.00. The molecule has 0 aliphatic rings. The van der Waals surface area contributed by atoms with Gasteiger partial charge in [-0.15, -0.1) is 0 Å². The molecule has 0 saturated heterocycles. The second-order valence-corrected chi connectivity index (χ2v) is 4.83. The lowest BCUT2D eigenvalue weighted by molar-refractivity contribution is 0.249. The van der Waals surface area contributed by atoms with Crippen LogP contribution >= 0.6 is 11.6 Å². The van der Waals surface area contributed by atoms with Gasteiger partial charge in [0.1, 0.15) is 5.75 Å². The molecule has 21 heavy (non-hydrogen) atoms. The van der Waals surface area contributed by atoms with Crippen molar-refractivity contribution < 1.29 is 9.53 Å². The number of aromatic nitrogens is 1. The number of carbonyl (C=O) groups is 1. The highest BCUT2D eigenvalue weighted by atomic mass is 35.5. The van der Waals surface area contributed by atoms with Crippen LogP contribution in [0.2, 0.25) is 5.02 Å². The van der Waals surface area contributed by atoms with Gasteiger partial charge < -0.3 is 15.4 Å². The predicted octanol–water partition coefficient (Wildman–Crippen LogP) is 3.63. The first-order valence-electron chi connectivity index (χ1n) is 6.42. The molecular formula is C15H16ClN3O2. The minimum atomic E-state index is -0.322. The Hall–Kier alpha value is -2.27. The molecular weight excluding hydrogens is 290 g/mol. The highest BCUT2D eigenvalue weighted by molar-refractivity contribution is 6.32. The van der Waals surface area contributed by atoms with Gasteiger partial charge in [-0.3, -0.25) is 4.98 Å². The van der Waals surface area contributed by atoms with Crippen molar-refractivity contribution in [2.75, 3.05) is 12.4 Å². The maximum atomic E-state index is 12.0. The number of pyridine rings is 1. The maximum Gasteiger partial charge on any atom is 0.319 e. The quantitative estimate of drug-likeness (QED) is 0.906. The average molecular weight is 306 g/mol.